The molecule has 0 spiro atoms. The average Bonchev–Trinajstić information content (AvgIpc) is 2.52. The molecule has 0 saturated carbocycles. The van der Waals surface area contributed by atoms with Crippen LogP contribution in [0.25, 0.3) is 0 Å². The second-order valence-electron chi connectivity index (χ2n) is 5.48. The topological polar surface area (TPSA) is 78.4 Å². The highest BCUT2D eigenvalue weighted by Gasteiger charge is 2.08. The second kappa shape index (κ2) is 7.58. The van der Waals surface area contributed by atoms with Gasteiger partial charge in [0.25, 0.3) is 0 Å². The van der Waals surface area contributed by atoms with Crippen LogP contribution < -0.4 is 10.2 Å². The summed E-state index contributed by atoms with van der Waals surface area (Å²) in [6.07, 6.45) is 2.19. The van der Waals surface area contributed by atoms with Gasteiger partial charge in [-0.1, -0.05) is 19.4 Å². The Hall–Kier alpha value is -2.63. The Kier molecular flexibility index (Phi) is 5.51. The lowest BCUT2D eigenvalue weighted by Gasteiger charge is -2.18. The number of benzene rings is 1. The summed E-state index contributed by atoms with van der Waals surface area (Å²) in [6, 6.07) is 8.49. The van der Waals surface area contributed by atoms with Gasteiger partial charge in [0.15, 0.2) is 0 Å². The van der Waals surface area contributed by atoms with Crippen LogP contribution in [0.4, 0.5) is 17.5 Å². The van der Waals surface area contributed by atoms with E-state index >= 15 is 0 Å². The van der Waals surface area contributed by atoms with Crippen molar-refractivity contribution in [1.29, 1.82) is 0 Å². The first-order valence-corrected chi connectivity index (χ1v) is 7.67. The average molecular weight is 314 g/mol. The molecule has 2 N–H and O–H groups in total. The molecule has 2 aromatic rings. The predicted octanol–water partition coefficient (Wildman–Crippen LogP) is 3.46. The molecule has 0 radical (unpaired) electrons. The minimum Gasteiger partial charge on any atom is -0.478 e. The Morgan fingerprint density at radius 2 is 2.09 bits per heavy atom. The summed E-state index contributed by atoms with van der Waals surface area (Å²) < 4.78 is 0. The third-order valence-electron chi connectivity index (χ3n) is 3.41. The van der Waals surface area contributed by atoms with E-state index in [1.54, 1.807) is 18.2 Å². The number of hydrogen-bond acceptors (Lipinski definition) is 5. The summed E-state index contributed by atoms with van der Waals surface area (Å²) in [5.41, 5.74) is 1.78. The molecule has 0 bridgehead atoms. The summed E-state index contributed by atoms with van der Waals surface area (Å²) in [7, 11) is 1.97. The van der Waals surface area contributed by atoms with E-state index in [1.165, 1.54) is 0 Å². The number of aryl methyl sites for hydroxylation is 1. The second-order valence-corrected chi connectivity index (χ2v) is 5.48. The van der Waals surface area contributed by atoms with Gasteiger partial charge in [-0.15, -0.1) is 0 Å². The van der Waals surface area contributed by atoms with Gasteiger partial charge in [0, 0.05) is 31.0 Å². The molecule has 0 atom stereocenters. The van der Waals surface area contributed by atoms with Crippen molar-refractivity contribution in [3.05, 3.63) is 41.6 Å². The fraction of sp³-hybridized carbons (Fsp3) is 0.353. The fourth-order valence-electron chi connectivity index (χ4n) is 2.16. The van der Waals surface area contributed by atoms with E-state index in [4.69, 9.17) is 5.11 Å². The van der Waals surface area contributed by atoms with Crippen LogP contribution in [-0.4, -0.2) is 34.6 Å². The number of rotatable bonds is 7. The van der Waals surface area contributed by atoms with Crippen LogP contribution in [0.15, 0.2) is 30.3 Å². The lowest BCUT2D eigenvalue weighted by Crippen LogP contribution is -2.21. The Bertz CT molecular complexity index is 688. The highest BCUT2D eigenvalue weighted by molar-refractivity contribution is 5.89. The third kappa shape index (κ3) is 4.67. The Labute approximate surface area is 136 Å². The van der Waals surface area contributed by atoms with Crippen LogP contribution in [-0.2, 0) is 0 Å². The number of unbranched alkanes of at least 4 members (excludes halogenated alkanes) is 1. The summed E-state index contributed by atoms with van der Waals surface area (Å²) in [4.78, 5) is 22.0. The van der Waals surface area contributed by atoms with Gasteiger partial charge in [0.1, 0.15) is 5.82 Å². The summed E-state index contributed by atoms with van der Waals surface area (Å²) in [5.74, 6) is 0.362. The number of aromatic carboxylic acids is 1. The van der Waals surface area contributed by atoms with E-state index in [-0.39, 0.29) is 5.56 Å². The van der Waals surface area contributed by atoms with Crippen LogP contribution in [0.1, 0.15) is 35.8 Å². The summed E-state index contributed by atoms with van der Waals surface area (Å²) >= 11 is 0. The molecular formula is C17H22N4O2. The molecule has 0 unspecified atom stereocenters. The van der Waals surface area contributed by atoms with Crippen LogP contribution >= 0.6 is 0 Å². The minimum absolute atomic E-state index is 0.237. The maximum absolute atomic E-state index is 11.0. The zero-order valence-electron chi connectivity index (χ0n) is 13.7. The smallest absolute Gasteiger partial charge is 0.335 e. The molecule has 0 amide bonds. The van der Waals surface area contributed by atoms with Crippen LogP contribution in [0.2, 0.25) is 0 Å². The number of hydrogen-bond donors (Lipinski definition) is 2. The van der Waals surface area contributed by atoms with E-state index in [0.717, 1.165) is 25.1 Å². The number of carbonyl (C=O) groups is 1. The number of anilines is 3. The molecule has 1 aromatic heterocycles. The minimum atomic E-state index is -0.951. The molecule has 1 heterocycles. The van der Waals surface area contributed by atoms with Crippen LogP contribution in [0, 0.1) is 6.92 Å². The molecule has 6 heteroatoms. The highest BCUT2D eigenvalue weighted by Crippen LogP contribution is 2.19. The monoisotopic (exact) mass is 314 g/mol. The lowest BCUT2D eigenvalue weighted by atomic mass is 10.2. The lowest BCUT2D eigenvalue weighted by molar-refractivity contribution is 0.0697. The molecule has 0 aliphatic carbocycles. The van der Waals surface area contributed by atoms with E-state index in [0.29, 0.717) is 17.5 Å². The van der Waals surface area contributed by atoms with E-state index in [2.05, 4.69) is 22.2 Å². The third-order valence-corrected chi connectivity index (χ3v) is 3.41. The zero-order valence-corrected chi connectivity index (χ0v) is 13.7. The van der Waals surface area contributed by atoms with Crippen molar-refractivity contribution >= 4 is 23.4 Å². The molecular weight excluding hydrogens is 292 g/mol. The largest absolute Gasteiger partial charge is 0.478 e. The van der Waals surface area contributed by atoms with E-state index < -0.39 is 5.97 Å². The number of nitrogens with one attached hydrogen (secondary N) is 1. The molecule has 0 aliphatic rings. The Morgan fingerprint density at radius 1 is 1.30 bits per heavy atom. The Morgan fingerprint density at radius 3 is 2.78 bits per heavy atom. The summed E-state index contributed by atoms with van der Waals surface area (Å²) in [5, 5.41) is 12.2. The number of nitrogens with zero attached hydrogens (tertiary/aromatic N) is 3. The van der Waals surface area contributed by atoms with Gasteiger partial charge < -0.3 is 15.3 Å². The van der Waals surface area contributed by atoms with Crippen LogP contribution in [0.5, 0.6) is 0 Å². The maximum atomic E-state index is 11.0. The van der Waals surface area contributed by atoms with E-state index in [9.17, 15) is 4.79 Å². The van der Waals surface area contributed by atoms with Crippen molar-refractivity contribution in [2.24, 2.45) is 0 Å². The molecule has 6 nitrogen and oxygen atoms in total. The molecule has 2 rings (SSSR count). The first-order valence-electron chi connectivity index (χ1n) is 7.67. The number of carboxylic acids is 1. The number of aromatic nitrogens is 2. The first-order chi connectivity index (χ1) is 11.0. The van der Waals surface area contributed by atoms with Gasteiger partial charge >= 0.3 is 5.97 Å². The molecule has 0 saturated heterocycles. The molecule has 122 valence electrons. The first kappa shape index (κ1) is 16.7. The Balaban J connectivity index is 2.21. The highest BCUT2D eigenvalue weighted by atomic mass is 16.4. The molecule has 23 heavy (non-hydrogen) atoms. The molecule has 0 aliphatic heterocycles. The maximum Gasteiger partial charge on any atom is 0.335 e. The van der Waals surface area contributed by atoms with Crippen molar-refractivity contribution in [1.82, 2.24) is 9.97 Å². The normalized spacial score (nSPS) is 10.4. The molecule has 0 fully saturated rings. The van der Waals surface area contributed by atoms with E-state index in [1.807, 2.05) is 31.0 Å². The number of carboxylic acid groups (broad SMARTS) is 1. The standard InChI is InChI=1S/C17H22N4O2/c1-4-5-9-21(3)17-18-12(2)10-15(20-17)19-14-8-6-7-13(11-14)16(22)23/h6-8,10-11H,4-5,9H2,1-3H3,(H,22,23)(H,18,19,20). The van der Waals surface area contributed by atoms with Crippen molar-refractivity contribution in [3.8, 4) is 0 Å². The van der Waals surface area contributed by atoms with Gasteiger partial charge in [-0.3, -0.25) is 0 Å². The summed E-state index contributed by atoms with van der Waals surface area (Å²) in [6.45, 7) is 4.96. The van der Waals surface area contributed by atoms with Gasteiger partial charge in [-0.05, 0) is 31.5 Å². The van der Waals surface area contributed by atoms with Gasteiger partial charge in [-0.25, -0.2) is 9.78 Å². The SMILES string of the molecule is CCCCN(C)c1nc(C)cc(Nc2cccc(C(=O)O)c2)n1. The van der Waals surface area contributed by atoms with Gasteiger partial charge in [-0.2, -0.15) is 4.98 Å². The quantitative estimate of drug-likeness (QED) is 0.815. The van der Waals surface area contributed by atoms with Gasteiger partial charge in [0.05, 0.1) is 5.56 Å². The fourth-order valence-corrected chi connectivity index (χ4v) is 2.16. The van der Waals surface area contributed by atoms with Gasteiger partial charge in [0.2, 0.25) is 5.95 Å². The zero-order chi connectivity index (χ0) is 16.8. The molecule has 1 aromatic carbocycles. The predicted molar refractivity (Wildman–Crippen MR) is 91.6 cm³/mol. The van der Waals surface area contributed by atoms with Crippen LogP contribution in [0.3, 0.4) is 0 Å². The van der Waals surface area contributed by atoms with Crippen molar-refractivity contribution < 1.29 is 9.90 Å². The van der Waals surface area contributed by atoms with Crippen molar-refractivity contribution in [2.45, 2.75) is 26.7 Å². The van der Waals surface area contributed by atoms with Crippen molar-refractivity contribution in [3.63, 3.8) is 0 Å². The van der Waals surface area contributed by atoms with Crippen molar-refractivity contribution in [2.75, 3.05) is 23.8 Å².